The van der Waals surface area contributed by atoms with Crippen molar-refractivity contribution in [2.24, 2.45) is 5.73 Å². The summed E-state index contributed by atoms with van der Waals surface area (Å²) < 4.78 is 1.91. The van der Waals surface area contributed by atoms with E-state index in [0.29, 0.717) is 0 Å². The lowest BCUT2D eigenvalue weighted by molar-refractivity contribution is 0.657. The molecule has 1 aromatic carbocycles. The van der Waals surface area contributed by atoms with Gasteiger partial charge in [0.15, 0.2) is 0 Å². The van der Waals surface area contributed by atoms with E-state index in [1.54, 1.807) is 12.4 Å². The molecule has 0 aliphatic carbocycles. The molecule has 0 aliphatic heterocycles. The number of aromatic nitrogens is 4. The average molecular weight is 267 g/mol. The normalized spacial score (nSPS) is 12.7. The van der Waals surface area contributed by atoms with Crippen LogP contribution in [0.15, 0.2) is 43.0 Å². The monoisotopic (exact) mass is 267 g/mol. The van der Waals surface area contributed by atoms with Crippen LogP contribution in [-0.4, -0.2) is 19.7 Å². The maximum Gasteiger partial charge on any atom is 0.0934 e. The molecular formula is C15H17N5. The van der Waals surface area contributed by atoms with Gasteiger partial charge < -0.3 is 5.73 Å². The summed E-state index contributed by atoms with van der Waals surface area (Å²) in [4.78, 5) is 8.72. The first-order valence-electron chi connectivity index (χ1n) is 6.74. The van der Waals surface area contributed by atoms with Crippen molar-refractivity contribution in [1.29, 1.82) is 0 Å². The molecule has 0 saturated carbocycles. The molecule has 2 heterocycles. The minimum absolute atomic E-state index is 0.107. The molecule has 0 amide bonds. The van der Waals surface area contributed by atoms with E-state index in [2.05, 4.69) is 22.0 Å². The molecule has 2 N–H and O–H groups in total. The van der Waals surface area contributed by atoms with E-state index in [9.17, 15) is 0 Å². The first-order chi connectivity index (χ1) is 9.78. The molecule has 5 nitrogen and oxygen atoms in total. The number of hydrogen-bond donors (Lipinski definition) is 1. The van der Waals surface area contributed by atoms with Gasteiger partial charge in [-0.25, -0.2) is 0 Å². The first-order valence-corrected chi connectivity index (χ1v) is 6.74. The molecule has 1 atom stereocenters. The van der Waals surface area contributed by atoms with Crippen molar-refractivity contribution < 1.29 is 0 Å². The predicted octanol–water partition coefficient (Wildman–Crippen LogP) is 2.09. The largest absolute Gasteiger partial charge is 0.324 e. The molecule has 0 spiro atoms. The Morgan fingerprint density at radius 3 is 2.90 bits per heavy atom. The summed E-state index contributed by atoms with van der Waals surface area (Å²) in [5, 5.41) is 4.28. The second-order valence-corrected chi connectivity index (χ2v) is 4.79. The zero-order valence-corrected chi connectivity index (χ0v) is 11.4. The number of aryl methyl sites for hydroxylation is 1. The second-order valence-electron chi connectivity index (χ2n) is 4.79. The summed E-state index contributed by atoms with van der Waals surface area (Å²) in [5.41, 5.74) is 10.3. The fraction of sp³-hybridized carbons (Fsp3) is 0.267. The van der Waals surface area contributed by atoms with Gasteiger partial charge in [-0.2, -0.15) is 5.10 Å². The Hall–Kier alpha value is -2.27. The summed E-state index contributed by atoms with van der Waals surface area (Å²) in [7, 11) is 0. The van der Waals surface area contributed by atoms with E-state index < -0.39 is 0 Å². The minimum Gasteiger partial charge on any atom is -0.324 e. The third-order valence-corrected chi connectivity index (χ3v) is 3.40. The van der Waals surface area contributed by atoms with Gasteiger partial charge in [-0.15, -0.1) is 0 Å². The number of nitrogens with zero attached hydrogens (tertiary/aromatic N) is 4. The number of para-hydroxylation sites is 1. The van der Waals surface area contributed by atoms with Gasteiger partial charge in [0.25, 0.3) is 0 Å². The van der Waals surface area contributed by atoms with Gasteiger partial charge in [-0.1, -0.05) is 12.1 Å². The van der Waals surface area contributed by atoms with Gasteiger partial charge in [0.1, 0.15) is 0 Å². The molecule has 0 saturated heterocycles. The fourth-order valence-electron chi connectivity index (χ4n) is 2.36. The summed E-state index contributed by atoms with van der Waals surface area (Å²) in [6.07, 6.45) is 8.06. The smallest absolute Gasteiger partial charge is 0.0934 e. The van der Waals surface area contributed by atoms with E-state index in [4.69, 9.17) is 5.73 Å². The van der Waals surface area contributed by atoms with E-state index in [1.807, 2.05) is 35.3 Å². The highest BCUT2D eigenvalue weighted by Gasteiger charge is 2.12. The number of hydrogen-bond acceptors (Lipinski definition) is 4. The van der Waals surface area contributed by atoms with Crippen LogP contribution < -0.4 is 5.73 Å². The molecule has 1 unspecified atom stereocenters. The Kier molecular flexibility index (Phi) is 3.43. The molecule has 0 radical (unpaired) electrons. The molecule has 20 heavy (non-hydrogen) atoms. The Labute approximate surface area is 117 Å². The maximum absolute atomic E-state index is 6.34. The van der Waals surface area contributed by atoms with E-state index in [1.165, 1.54) is 0 Å². The number of rotatable bonds is 4. The van der Waals surface area contributed by atoms with Crippen LogP contribution in [0.3, 0.4) is 0 Å². The van der Waals surface area contributed by atoms with Gasteiger partial charge in [-0.05, 0) is 30.5 Å². The van der Waals surface area contributed by atoms with Gasteiger partial charge in [0, 0.05) is 31.2 Å². The number of benzene rings is 1. The third kappa shape index (κ3) is 2.40. The Morgan fingerprint density at radius 1 is 1.25 bits per heavy atom. The SMILES string of the molecule is CCn1cc(CC(N)c2cccc3nccnc23)cn1. The van der Waals surface area contributed by atoms with Crippen LogP contribution in [0.25, 0.3) is 11.0 Å². The molecule has 5 heteroatoms. The van der Waals surface area contributed by atoms with Crippen molar-refractivity contribution >= 4 is 11.0 Å². The van der Waals surface area contributed by atoms with Gasteiger partial charge in [-0.3, -0.25) is 14.6 Å². The lowest BCUT2D eigenvalue weighted by Gasteiger charge is -2.12. The first kappa shape index (κ1) is 12.7. The number of nitrogens with two attached hydrogens (primary N) is 1. The molecular weight excluding hydrogens is 250 g/mol. The van der Waals surface area contributed by atoms with E-state index in [0.717, 1.165) is 35.1 Å². The minimum atomic E-state index is -0.107. The highest BCUT2D eigenvalue weighted by molar-refractivity contribution is 5.78. The molecule has 102 valence electrons. The summed E-state index contributed by atoms with van der Waals surface area (Å²) in [6, 6.07) is 5.84. The Morgan fingerprint density at radius 2 is 2.10 bits per heavy atom. The quantitative estimate of drug-likeness (QED) is 0.785. The second kappa shape index (κ2) is 5.38. The van der Waals surface area contributed by atoms with Crippen LogP contribution in [-0.2, 0) is 13.0 Å². The predicted molar refractivity (Wildman–Crippen MR) is 78.1 cm³/mol. The summed E-state index contributed by atoms with van der Waals surface area (Å²) in [6.45, 7) is 2.94. The highest BCUT2D eigenvalue weighted by Crippen LogP contribution is 2.22. The Balaban J connectivity index is 1.90. The van der Waals surface area contributed by atoms with Crippen molar-refractivity contribution in [1.82, 2.24) is 19.7 Å². The van der Waals surface area contributed by atoms with E-state index in [-0.39, 0.29) is 6.04 Å². The van der Waals surface area contributed by atoms with Crippen molar-refractivity contribution in [3.05, 3.63) is 54.1 Å². The zero-order valence-electron chi connectivity index (χ0n) is 11.4. The van der Waals surface area contributed by atoms with Crippen LogP contribution >= 0.6 is 0 Å². The topological polar surface area (TPSA) is 69.6 Å². The molecule has 2 aromatic heterocycles. The van der Waals surface area contributed by atoms with Crippen LogP contribution in [0.2, 0.25) is 0 Å². The van der Waals surface area contributed by atoms with Gasteiger partial charge >= 0.3 is 0 Å². The zero-order chi connectivity index (χ0) is 13.9. The standard InChI is InChI=1S/C15H17N5/c1-2-20-10-11(9-19-20)8-13(16)12-4-3-5-14-15(12)18-7-6-17-14/h3-7,9-10,13H,2,8,16H2,1H3. The lowest BCUT2D eigenvalue weighted by Crippen LogP contribution is -2.14. The average Bonchev–Trinajstić information content (AvgIpc) is 2.94. The highest BCUT2D eigenvalue weighted by atomic mass is 15.3. The van der Waals surface area contributed by atoms with Crippen molar-refractivity contribution in [2.45, 2.75) is 25.9 Å². The van der Waals surface area contributed by atoms with Gasteiger partial charge in [0.05, 0.1) is 17.2 Å². The van der Waals surface area contributed by atoms with Crippen molar-refractivity contribution in [2.75, 3.05) is 0 Å². The molecule has 0 fully saturated rings. The van der Waals surface area contributed by atoms with Crippen LogP contribution in [0.1, 0.15) is 24.1 Å². The van der Waals surface area contributed by atoms with Crippen LogP contribution in [0.5, 0.6) is 0 Å². The third-order valence-electron chi connectivity index (χ3n) is 3.40. The van der Waals surface area contributed by atoms with Crippen LogP contribution in [0.4, 0.5) is 0 Å². The van der Waals surface area contributed by atoms with E-state index >= 15 is 0 Å². The molecule has 0 aliphatic rings. The molecule has 3 rings (SSSR count). The Bertz CT molecular complexity index is 714. The molecule has 0 bridgehead atoms. The lowest BCUT2D eigenvalue weighted by atomic mass is 10.00. The van der Waals surface area contributed by atoms with Crippen molar-refractivity contribution in [3.63, 3.8) is 0 Å². The maximum atomic E-state index is 6.34. The summed E-state index contributed by atoms with van der Waals surface area (Å²) in [5.74, 6) is 0. The van der Waals surface area contributed by atoms with Gasteiger partial charge in [0.2, 0.25) is 0 Å². The number of fused-ring (bicyclic) bond motifs is 1. The van der Waals surface area contributed by atoms with Crippen LogP contribution in [0, 0.1) is 0 Å². The molecule has 3 aromatic rings. The van der Waals surface area contributed by atoms with Crippen molar-refractivity contribution in [3.8, 4) is 0 Å². The summed E-state index contributed by atoms with van der Waals surface area (Å²) >= 11 is 0. The fourth-order valence-corrected chi connectivity index (χ4v) is 2.36.